The molecule has 4 heterocycles. The van der Waals surface area contributed by atoms with Crippen molar-refractivity contribution < 1.29 is 0 Å². The van der Waals surface area contributed by atoms with Gasteiger partial charge in [-0.15, -0.1) is 0 Å². The molecule has 0 unspecified atom stereocenters. The van der Waals surface area contributed by atoms with Crippen LogP contribution in [-0.2, 0) is 32.6 Å². The quantitative estimate of drug-likeness (QED) is 0.667. The molecule has 142 valence electrons. The van der Waals surface area contributed by atoms with E-state index in [9.17, 15) is 0 Å². The maximum absolute atomic E-state index is 4.70. The maximum Gasteiger partial charge on any atom is 0.222 e. The zero-order chi connectivity index (χ0) is 18.6. The number of nitrogens with one attached hydrogen (secondary N) is 2. The number of fused-ring (bicyclic) bond motifs is 1. The van der Waals surface area contributed by atoms with Crippen molar-refractivity contribution in [2.75, 3.05) is 11.9 Å². The molecule has 1 aliphatic heterocycles. The molecular weight excluding hydrogens is 340 g/mol. The van der Waals surface area contributed by atoms with E-state index in [4.69, 9.17) is 5.10 Å². The van der Waals surface area contributed by atoms with Gasteiger partial charge in [0.25, 0.3) is 0 Å². The summed E-state index contributed by atoms with van der Waals surface area (Å²) in [6, 6.07) is 6.17. The third-order valence-corrected chi connectivity index (χ3v) is 4.62. The minimum atomic E-state index is 0.624. The standard InChI is InChI=1S/C19H26N8/c1-14(2)8-15-9-17(24-23-15)12-26-6-7-27-18(13-26)10-16(25-27)11-22-19-20-4-3-5-21-19/h3-5,9-10,14H,6-8,11-13H2,1-2H3,(H,23,24)(H,20,21,22). The van der Waals surface area contributed by atoms with Gasteiger partial charge in [0.05, 0.1) is 30.2 Å². The third kappa shape index (κ3) is 4.51. The minimum Gasteiger partial charge on any atom is -0.348 e. The molecule has 0 fully saturated rings. The first-order valence-corrected chi connectivity index (χ1v) is 9.48. The number of hydrogen-bond acceptors (Lipinski definition) is 6. The number of anilines is 1. The van der Waals surface area contributed by atoms with E-state index in [-0.39, 0.29) is 0 Å². The van der Waals surface area contributed by atoms with Gasteiger partial charge in [-0.1, -0.05) is 13.8 Å². The van der Waals surface area contributed by atoms with E-state index in [0.717, 1.165) is 44.0 Å². The van der Waals surface area contributed by atoms with Crippen LogP contribution < -0.4 is 5.32 Å². The molecule has 0 bridgehead atoms. The fourth-order valence-corrected chi connectivity index (χ4v) is 3.42. The van der Waals surface area contributed by atoms with E-state index in [1.165, 1.54) is 11.4 Å². The monoisotopic (exact) mass is 366 g/mol. The van der Waals surface area contributed by atoms with Crippen LogP contribution in [0.4, 0.5) is 5.95 Å². The molecule has 0 amide bonds. The highest BCUT2D eigenvalue weighted by molar-refractivity contribution is 5.24. The van der Waals surface area contributed by atoms with Crippen molar-refractivity contribution in [2.45, 2.75) is 46.4 Å². The summed E-state index contributed by atoms with van der Waals surface area (Å²) in [4.78, 5) is 10.8. The van der Waals surface area contributed by atoms with Gasteiger partial charge in [-0.05, 0) is 30.5 Å². The molecule has 0 saturated heterocycles. The van der Waals surface area contributed by atoms with Crippen LogP contribution in [0.3, 0.4) is 0 Å². The van der Waals surface area contributed by atoms with Crippen LogP contribution in [0, 0.1) is 5.92 Å². The van der Waals surface area contributed by atoms with E-state index in [0.29, 0.717) is 18.4 Å². The summed E-state index contributed by atoms with van der Waals surface area (Å²) in [5, 5.41) is 15.5. The number of hydrogen-bond donors (Lipinski definition) is 2. The summed E-state index contributed by atoms with van der Waals surface area (Å²) in [5.74, 6) is 1.25. The summed E-state index contributed by atoms with van der Waals surface area (Å²) < 4.78 is 2.11. The van der Waals surface area contributed by atoms with Crippen molar-refractivity contribution in [3.8, 4) is 0 Å². The molecule has 4 rings (SSSR count). The van der Waals surface area contributed by atoms with Crippen molar-refractivity contribution in [1.82, 2.24) is 34.8 Å². The predicted molar refractivity (Wildman–Crippen MR) is 103 cm³/mol. The Hall–Kier alpha value is -2.74. The molecule has 8 nitrogen and oxygen atoms in total. The Morgan fingerprint density at radius 3 is 2.81 bits per heavy atom. The first-order valence-electron chi connectivity index (χ1n) is 9.48. The number of H-pyrrole nitrogens is 1. The van der Waals surface area contributed by atoms with Gasteiger partial charge in [-0.2, -0.15) is 10.2 Å². The minimum absolute atomic E-state index is 0.624. The van der Waals surface area contributed by atoms with E-state index in [1.807, 2.05) is 0 Å². The Morgan fingerprint density at radius 1 is 1.15 bits per heavy atom. The lowest BCUT2D eigenvalue weighted by Gasteiger charge is -2.26. The molecule has 27 heavy (non-hydrogen) atoms. The Balaban J connectivity index is 1.34. The second kappa shape index (κ2) is 7.87. The zero-order valence-corrected chi connectivity index (χ0v) is 15.9. The van der Waals surface area contributed by atoms with Gasteiger partial charge in [0.15, 0.2) is 0 Å². The highest BCUT2D eigenvalue weighted by Gasteiger charge is 2.19. The van der Waals surface area contributed by atoms with Crippen LogP contribution in [0.1, 0.15) is 36.6 Å². The van der Waals surface area contributed by atoms with Gasteiger partial charge >= 0.3 is 0 Å². The Labute approximate surface area is 159 Å². The highest BCUT2D eigenvalue weighted by Crippen LogP contribution is 2.17. The lowest BCUT2D eigenvalue weighted by molar-refractivity contribution is 0.203. The van der Waals surface area contributed by atoms with Crippen molar-refractivity contribution in [1.29, 1.82) is 0 Å². The van der Waals surface area contributed by atoms with Crippen LogP contribution in [0.15, 0.2) is 30.6 Å². The Kier molecular flexibility index (Phi) is 5.15. The van der Waals surface area contributed by atoms with Gasteiger partial charge in [0, 0.05) is 37.7 Å². The Bertz CT molecular complexity index is 867. The van der Waals surface area contributed by atoms with E-state index in [1.54, 1.807) is 18.5 Å². The average molecular weight is 366 g/mol. The van der Waals surface area contributed by atoms with E-state index in [2.05, 4.69) is 61.0 Å². The molecule has 2 N–H and O–H groups in total. The molecule has 0 spiro atoms. The molecular formula is C19H26N8. The van der Waals surface area contributed by atoms with Crippen LogP contribution >= 0.6 is 0 Å². The van der Waals surface area contributed by atoms with Gasteiger partial charge < -0.3 is 5.32 Å². The SMILES string of the molecule is CC(C)Cc1cc(CN2CCn3nc(CNc4ncccn4)cc3C2)[nH]n1. The van der Waals surface area contributed by atoms with Crippen molar-refractivity contribution in [2.24, 2.45) is 5.92 Å². The molecule has 3 aromatic rings. The second-order valence-corrected chi connectivity index (χ2v) is 7.47. The van der Waals surface area contributed by atoms with Gasteiger partial charge in [0.1, 0.15) is 0 Å². The van der Waals surface area contributed by atoms with Crippen LogP contribution in [0.5, 0.6) is 0 Å². The molecule has 3 aromatic heterocycles. The second-order valence-electron chi connectivity index (χ2n) is 7.47. The van der Waals surface area contributed by atoms with Gasteiger partial charge in [-0.3, -0.25) is 14.7 Å². The molecule has 0 aromatic carbocycles. The van der Waals surface area contributed by atoms with Crippen molar-refractivity contribution in [3.63, 3.8) is 0 Å². The van der Waals surface area contributed by atoms with Gasteiger partial charge in [0.2, 0.25) is 5.95 Å². The predicted octanol–water partition coefficient (Wildman–Crippen LogP) is 2.22. The highest BCUT2D eigenvalue weighted by atomic mass is 15.3. The number of nitrogens with zero attached hydrogens (tertiary/aromatic N) is 6. The lowest BCUT2D eigenvalue weighted by atomic mass is 10.1. The van der Waals surface area contributed by atoms with Crippen LogP contribution in [-0.4, -0.2) is 41.4 Å². The van der Waals surface area contributed by atoms with Crippen molar-refractivity contribution >= 4 is 5.95 Å². The summed E-state index contributed by atoms with van der Waals surface area (Å²) in [6.45, 7) is 8.75. The number of aromatic amines is 1. The molecule has 0 radical (unpaired) electrons. The summed E-state index contributed by atoms with van der Waals surface area (Å²) >= 11 is 0. The van der Waals surface area contributed by atoms with E-state index < -0.39 is 0 Å². The molecule has 8 heteroatoms. The lowest BCUT2D eigenvalue weighted by Crippen LogP contribution is -2.33. The first kappa shape index (κ1) is 17.7. The molecule has 1 aliphatic rings. The summed E-state index contributed by atoms with van der Waals surface area (Å²) in [7, 11) is 0. The zero-order valence-electron chi connectivity index (χ0n) is 15.9. The smallest absolute Gasteiger partial charge is 0.222 e. The summed E-state index contributed by atoms with van der Waals surface area (Å²) in [5.41, 5.74) is 4.59. The first-order chi connectivity index (χ1) is 13.2. The maximum atomic E-state index is 4.70. The van der Waals surface area contributed by atoms with Crippen molar-refractivity contribution in [3.05, 3.63) is 53.4 Å². The molecule has 0 saturated carbocycles. The van der Waals surface area contributed by atoms with Crippen LogP contribution in [0.25, 0.3) is 0 Å². The van der Waals surface area contributed by atoms with Gasteiger partial charge in [-0.25, -0.2) is 9.97 Å². The normalized spacial score (nSPS) is 14.5. The Morgan fingerprint density at radius 2 is 2.00 bits per heavy atom. The largest absolute Gasteiger partial charge is 0.348 e. The molecule has 0 aliphatic carbocycles. The fourth-order valence-electron chi connectivity index (χ4n) is 3.42. The number of aromatic nitrogens is 6. The molecule has 0 atom stereocenters. The average Bonchev–Trinajstić information content (AvgIpc) is 3.26. The fraction of sp³-hybridized carbons (Fsp3) is 0.474. The van der Waals surface area contributed by atoms with Crippen LogP contribution in [0.2, 0.25) is 0 Å². The number of rotatable bonds is 7. The van der Waals surface area contributed by atoms with E-state index >= 15 is 0 Å². The third-order valence-electron chi connectivity index (χ3n) is 4.62. The topological polar surface area (TPSA) is 87.5 Å². The summed E-state index contributed by atoms with van der Waals surface area (Å²) in [6.07, 6.45) is 4.48.